The highest BCUT2D eigenvalue weighted by Gasteiger charge is 2.02. The van der Waals surface area contributed by atoms with Crippen LogP contribution in [0.25, 0.3) is 0 Å². The number of benzene rings is 1. The van der Waals surface area contributed by atoms with Crippen molar-refractivity contribution in [2.24, 2.45) is 0 Å². The summed E-state index contributed by atoms with van der Waals surface area (Å²) in [7, 11) is 4.69. The molecule has 0 aliphatic rings. The summed E-state index contributed by atoms with van der Waals surface area (Å²) in [6.45, 7) is 0.173. The van der Waals surface area contributed by atoms with Gasteiger partial charge in [0.05, 0.1) is 20.3 Å². The van der Waals surface area contributed by atoms with Gasteiger partial charge in [-0.15, -0.1) is 0 Å². The first-order chi connectivity index (χ1) is 6.80. The Labute approximate surface area is 83.3 Å². The second-order valence-electron chi connectivity index (χ2n) is 2.50. The average molecular weight is 197 g/mol. The van der Waals surface area contributed by atoms with Gasteiger partial charge in [0.2, 0.25) is 0 Å². The second-order valence-corrected chi connectivity index (χ2v) is 2.50. The third-order valence-electron chi connectivity index (χ3n) is 1.58. The monoisotopic (exact) mass is 197 g/mol. The zero-order valence-electron chi connectivity index (χ0n) is 8.49. The lowest BCUT2D eigenvalue weighted by molar-refractivity contribution is 0.0506. The normalized spacial score (nSPS) is 9.64. The van der Waals surface area contributed by atoms with Gasteiger partial charge >= 0.3 is 0 Å². The Bertz CT molecular complexity index is 263. The van der Waals surface area contributed by atoms with Crippen LogP contribution in [-0.2, 0) is 4.74 Å². The highest BCUT2D eigenvalue weighted by atomic mass is 16.7. The predicted molar refractivity (Wildman–Crippen MR) is 50.9 cm³/mol. The Kier molecular flexibility index (Phi) is 4.07. The molecule has 0 saturated carbocycles. The third-order valence-corrected chi connectivity index (χ3v) is 1.58. The van der Waals surface area contributed by atoms with Crippen LogP contribution in [0.3, 0.4) is 0 Å². The van der Waals surface area contributed by atoms with Crippen molar-refractivity contribution >= 4 is 0 Å². The van der Waals surface area contributed by atoms with Crippen LogP contribution in [0.15, 0.2) is 12.1 Å². The van der Waals surface area contributed by atoms with E-state index in [2.05, 4.69) is 6.07 Å². The van der Waals surface area contributed by atoms with Crippen molar-refractivity contribution in [1.82, 2.24) is 0 Å². The molecule has 0 spiro atoms. The zero-order valence-corrected chi connectivity index (χ0v) is 8.49. The largest absolute Gasteiger partial charge is 0.496 e. The van der Waals surface area contributed by atoms with E-state index in [1.807, 2.05) is 0 Å². The van der Waals surface area contributed by atoms with E-state index in [4.69, 9.17) is 18.9 Å². The Hall–Kier alpha value is -1.42. The number of methoxy groups -OCH3 is 3. The maximum absolute atomic E-state index is 5.20. The summed E-state index contributed by atoms with van der Waals surface area (Å²) in [6, 6.07) is 6.33. The molecule has 4 heteroatoms. The molecule has 1 aromatic carbocycles. The third kappa shape index (κ3) is 2.81. The summed E-state index contributed by atoms with van der Waals surface area (Å²) in [5, 5.41) is 0. The van der Waals surface area contributed by atoms with E-state index in [9.17, 15) is 0 Å². The van der Waals surface area contributed by atoms with Crippen molar-refractivity contribution in [3.05, 3.63) is 18.2 Å². The Morgan fingerprint density at radius 3 is 2.36 bits per heavy atom. The zero-order chi connectivity index (χ0) is 10.4. The maximum Gasteiger partial charge on any atom is 0.188 e. The van der Waals surface area contributed by atoms with Gasteiger partial charge in [-0.2, -0.15) is 0 Å². The van der Waals surface area contributed by atoms with Crippen LogP contribution in [0.5, 0.6) is 17.2 Å². The lowest BCUT2D eigenvalue weighted by atomic mass is 10.3. The predicted octanol–water partition coefficient (Wildman–Crippen LogP) is 1.49. The standard InChI is InChI=1S/C10H13O4/c1-11-7-14-10-5-8(12-2)4-9(6-10)13-3/h4-5H,7H2,1-3H3. The van der Waals surface area contributed by atoms with Crippen LogP contribution in [0.1, 0.15) is 0 Å². The highest BCUT2D eigenvalue weighted by Crippen LogP contribution is 2.26. The Morgan fingerprint density at radius 2 is 1.79 bits per heavy atom. The SMILES string of the molecule is COCOc1[c]c(OC)cc(OC)c1. The van der Waals surface area contributed by atoms with Gasteiger partial charge in [0.25, 0.3) is 0 Å². The second kappa shape index (κ2) is 5.34. The van der Waals surface area contributed by atoms with Crippen LogP contribution in [0.2, 0.25) is 0 Å². The quantitative estimate of drug-likeness (QED) is 0.670. The first-order valence-corrected chi connectivity index (χ1v) is 4.07. The van der Waals surface area contributed by atoms with E-state index in [-0.39, 0.29) is 6.79 Å². The molecule has 1 rings (SSSR count). The molecule has 77 valence electrons. The van der Waals surface area contributed by atoms with E-state index in [1.54, 1.807) is 33.5 Å². The lowest BCUT2D eigenvalue weighted by Gasteiger charge is -2.08. The number of rotatable bonds is 5. The topological polar surface area (TPSA) is 36.9 Å². The minimum absolute atomic E-state index is 0.173. The molecule has 0 heterocycles. The van der Waals surface area contributed by atoms with Gasteiger partial charge in [0, 0.05) is 19.2 Å². The van der Waals surface area contributed by atoms with Crippen molar-refractivity contribution in [2.75, 3.05) is 28.1 Å². The molecule has 0 N–H and O–H groups in total. The van der Waals surface area contributed by atoms with E-state index in [0.717, 1.165) is 0 Å². The van der Waals surface area contributed by atoms with Crippen molar-refractivity contribution < 1.29 is 18.9 Å². The molecular weight excluding hydrogens is 184 g/mol. The van der Waals surface area contributed by atoms with Crippen LogP contribution in [-0.4, -0.2) is 28.1 Å². The lowest BCUT2D eigenvalue weighted by Crippen LogP contribution is -1.99. The summed E-state index contributed by atoms with van der Waals surface area (Å²) >= 11 is 0. The molecular formula is C10H13O4. The van der Waals surface area contributed by atoms with E-state index >= 15 is 0 Å². The van der Waals surface area contributed by atoms with Gasteiger partial charge in [-0.3, -0.25) is 0 Å². The summed E-state index contributed by atoms with van der Waals surface area (Å²) in [6.07, 6.45) is 0. The molecule has 4 nitrogen and oxygen atoms in total. The molecule has 0 bridgehead atoms. The van der Waals surface area contributed by atoms with Crippen molar-refractivity contribution in [1.29, 1.82) is 0 Å². The highest BCUT2D eigenvalue weighted by molar-refractivity contribution is 5.40. The Balaban J connectivity index is 2.81. The van der Waals surface area contributed by atoms with Crippen molar-refractivity contribution in [2.45, 2.75) is 0 Å². The van der Waals surface area contributed by atoms with E-state index in [1.165, 1.54) is 0 Å². The molecule has 0 amide bonds. The van der Waals surface area contributed by atoms with Gasteiger partial charge < -0.3 is 18.9 Å². The number of hydrogen-bond acceptors (Lipinski definition) is 4. The van der Waals surface area contributed by atoms with E-state index in [0.29, 0.717) is 17.2 Å². The minimum atomic E-state index is 0.173. The molecule has 1 radical (unpaired) electrons. The fourth-order valence-corrected chi connectivity index (χ4v) is 0.922. The summed E-state index contributed by atoms with van der Waals surface area (Å²) in [5.41, 5.74) is 0. The van der Waals surface area contributed by atoms with E-state index < -0.39 is 0 Å². The summed E-state index contributed by atoms with van der Waals surface area (Å²) < 4.78 is 20.0. The van der Waals surface area contributed by atoms with Crippen molar-refractivity contribution in [3.63, 3.8) is 0 Å². The van der Waals surface area contributed by atoms with Crippen LogP contribution < -0.4 is 14.2 Å². The number of hydrogen-bond donors (Lipinski definition) is 0. The molecule has 0 saturated heterocycles. The van der Waals surface area contributed by atoms with Gasteiger partial charge in [0.1, 0.15) is 17.2 Å². The van der Waals surface area contributed by atoms with Gasteiger partial charge in [0.15, 0.2) is 6.79 Å². The molecule has 0 fully saturated rings. The smallest absolute Gasteiger partial charge is 0.188 e. The summed E-state index contributed by atoms with van der Waals surface area (Å²) in [5.74, 6) is 1.75. The van der Waals surface area contributed by atoms with Gasteiger partial charge in [-0.05, 0) is 0 Å². The fourth-order valence-electron chi connectivity index (χ4n) is 0.922. The number of ether oxygens (including phenoxy) is 4. The molecule has 0 aromatic heterocycles. The molecule has 0 aliphatic carbocycles. The van der Waals surface area contributed by atoms with Gasteiger partial charge in [-0.25, -0.2) is 0 Å². The van der Waals surface area contributed by atoms with Crippen LogP contribution in [0.4, 0.5) is 0 Å². The fraction of sp³-hybridized carbons (Fsp3) is 0.400. The maximum atomic E-state index is 5.20. The molecule has 0 atom stereocenters. The Morgan fingerprint density at radius 1 is 1.07 bits per heavy atom. The first kappa shape index (κ1) is 10.7. The minimum Gasteiger partial charge on any atom is -0.496 e. The first-order valence-electron chi connectivity index (χ1n) is 4.07. The molecule has 14 heavy (non-hydrogen) atoms. The molecule has 0 aliphatic heterocycles. The summed E-state index contributed by atoms with van der Waals surface area (Å²) in [4.78, 5) is 0. The van der Waals surface area contributed by atoms with Gasteiger partial charge in [-0.1, -0.05) is 0 Å². The average Bonchev–Trinajstić information content (AvgIpc) is 2.25. The molecule has 1 aromatic rings. The van der Waals surface area contributed by atoms with Crippen LogP contribution in [0, 0.1) is 6.07 Å². The van der Waals surface area contributed by atoms with Crippen LogP contribution >= 0.6 is 0 Å². The van der Waals surface area contributed by atoms with Crippen molar-refractivity contribution in [3.8, 4) is 17.2 Å². The molecule has 0 unspecified atom stereocenters.